The van der Waals surface area contributed by atoms with Gasteiger partial charge in [0.05, 0.1) is 6.10 Å². The van der Waals surface area contributed by atoms with Crippen LogP contribution >= 0.6 is 12.2 Å². The van der Waals surface area contributed by atoms with E-state index in [2.05, 4.69) is 18.8 Å². The first kappa shape index (κ1) is 13.9. The topological polar surface area (TPSA) is 48.1 Å². The molecular formula is C13H20N2OS. The van der Waals surface area contributed by atoms with Gasteiger partial charge in [-0.15, -0.1) is 0 Å². The number of nitrogens with two attached hydrogens (primary N) is 1. The largest absolute Gasteiger partial charge is 0.475 e. The molecule has 0 bridgehead atoms. The lowest BCUT2D eigenvalue weighted by molar-refractivity contribution is 0.185. The zero-order chi connectivity index (χ0) is 13.0. The fraction of sp³-hybridized carbons (Fsp3) is 0.538. The molecule has 1 heterocycles. The lowest BCUT2D eigenvalue weighted by Gasteiger charge is -2.16. The number of rotatable bonds is 5. The highest BCUT2D eigenvalue weighted by molar-refractivity contribution is 7.80. The number of aryl methyl sites for hydroxylation is 1. The molecule has 1 rings (SSSR count). The highest BCUT2D eigenvalue weighted by Crippen LogP contribution is 2.16. The molecule has 2 N–H and O–H groups in total. The Labute approximate surface area is 108 Å². The highest BCUT2D eigenvalue weighted by atomic mass is 32.1. The number of nitrogens with zero attached hydrogens (tertiary/aromatic N) is 1. The summed E-state index contributed by atoms with van der Waals surface area (Å²) in [5, 5.41) is 0. The van der Waals surface area contributed by atoms with Crippen LogP contribution in [0.5, 0.6) is 5.88 Å². The summed E-state index contributed by atoms with van der Waals surface area (Å²) in [7, 11) is 0. The number of hydrogen-bond acceptors (Lipinski definition) is 3. The Hall–Kier alpha value is -1.16. The second-order valence-electron chi connectivity index (χ2n) is 4.76. The van der Waals surface area contributed by atoms with Gasteiger partial charge in [0.1, 0.15) is 4.99 Å². The molecule has 0 amide bonds. The van der Waals surface area contributed by atoms with Crippen molar-refractivity contribution in [1.82, 2.24) is 4.98 Å². The average molecular weight is 252 g/mol. The van der Waals surface area contributed by atoms with Gasteiger partial charge >= 0.3 is 0 Å². The Morgan fingerprint density at radius 3 is 2.59 bits per heavy atom. The number of aromatic nitrogens is 1. The van der Waals surface area contributed by atoms with Crippen LogP contribution in [-0.2, 0) is 0 Å². The Balaban J connectivity index is 2.80. The number of ether oxygens (including phenoxy) is 1. The summed E-state index contributed by atoms with van der Waals surface area (Å²) in [5.74, 6) is 1.20. The lowest BCUT2D eigenvalue weighted by Crippen LogP contribution is -2.16. The first-order chi connectivity index (χ1) is 7.88. The molecule has 1 aromatic rings. The van der Waals surface area contributed by atoms with Crippen molar-refractivity contribution in [2.75, 3.05) is 0 Å². The average Bonchev–Trinajstić information content (AvgIpc) is 2.14. The minimum absolute atomic E-state index is 0.142. The molecule has 0 aliphatic carbocycles. The standard InChI is InChI=1S/C13H20N2OS/c1-8(2)5-10(4)16-12-7-11(13(14)17)6-9(3)15-12/h6-8,10H,5H2,1-4H3,(H2,14,17). The molecule has 1 unspecified atom stereocenters. The smallest absolute Gasteiger partial charge is 0.214 e. The predicted molar refractivity (Wildman–Crippen MR) is 74.4 cm³/mol. The van der Waals surface area contributed by atoms with Crippen LogP contribution in [-0.4, -0.2) is 16.1 Å². The maximum absolute atomic E-state index is 5.77. The third-order valence-corrected chi connectivity index (χ3v) is 2.58. The number of hydrogen-bond donors (Lipinski definition) is 1. The summed E-state index contributed by atoms with van der Waals surface area (Å²) in [5.41, 5.74) is 7.28. The van der Waals surface area contributed by atoms with Gasteiger partial charge in [0, 0.05) is 17.3 Å². The summed E-state index contributed by atoms with van der Waals surface area (Å²) in [6, 6.07) is 3.66. The van der Waals surface area contributed by atoms with E-state index in [1.54, 1.807) is 6.07 Å². The quantitative estimate of drug-likeness (QED) is 0.819. The van der Waals surface area contributed by atoms with Gasteiger partial charge in [-0.3, -0.25) is 0 Å². The van der Waals surface area contributed by atoms with Crippen LogP contribution in [0.4, 0.5) is 0 Å². The first-order valence-electron chi connectivity index (χ1n) is 5.83. The van der Waals surface area contributed by atoms with Crippen molar-refractivity contribution < 1.29 is 4.74 Å². The minimum Gasteiger partial charge on any atom is -0.475 e. The van der Waals surface area contributed by atoms with E-state index in [9.17, 15) is 0 Å². The molecule has 0 radical (unpaired) electrons. The Morgan fingerprint density at radius 1 is 1.41 bits per heavy atom. The van der Waals surface area contributed by atoms with Crippen molar-refractivity contribution in [3.8, 4) is 5.88 Å². The molecule has 0 saturated heterocycles. The van der Waals surface area contributed by atoms with E-state index in [1.807, 2.05) is 19.9 Å². The molecule has 0 saturated carbocycles. The van der Waals surface area contributed by atoms with Gasteiger partial charge in [-0.2, -0.15) is 0 Å². The summed E-state index contributed by atoms with van der Waals surface area (Å²) in [6.07, 6.45) is 1.14. The second-order valence-corrected chi connectivity index (χ2v) is 5.20. The molecule has 94 valence electrons. The van der Waals surface area contributed by atoms with E-state index in [0.717, 1.165) is 17.7 Å². The molecule has 1 atom stereocenters. The first-order valence-corrected chi connectivity index (χ1v) is 6.24. The third kappa shape index (κ3) is 4.69. The Morgan fingerprint density at radius 2 is 2.06 bits per heavy atom. The highest BCUT2D eigenvalue weighted by Gasteiger charge is 2.09. The van der Waals surface area contributed by atoms with Gasteiger partial charge in [-0.1, -0.05) is 26.1 Å². The molecule has 3 nitrogen and oxygen atoms in total. The van der Waals surface area contributed by atoms with E-state index in [0.29, 0.717) is 16.8 Å². The number of pyridine rings is 1. The van der Waals surface area contributed by atoms with Crippen molar-refractivity contribution in [3.05, 3.63) is 23.4 Å². The lowest BCUT2D eigenvalue weighted by atomic mass is 10.1. The SMILES string of the molecule is Cc1cc(C(N)=S)cc(OC(C)CC(C)C)n1. The fourth-order valence-corrected chi connectivity index (χ4v) is 1.88. The zero-order valence-electron chi connectivity index (χ0n) is 10.9. The summed E-state index contributed by atoms with van der Waals surface area (Å²) in [4.78, 5) is 4.70. The zero-order valence-corrected chi connectivity index (χ0v) is 11.7. The van der Waals surface area contributed by atoms with Crippen LogP contribution in [0.25, 0.3) is 0 Å². The molecule has 0 aliphatic heterocycles. The third-order valence-electron chi connectivity index (χ3n) is 2.34. The molecule has 0 aliphatic rings. The molecule has 1 aromatic heterocycles. The van der Waals surface area contributed by atoms with Crippen LogP contribution in [0, 0.1) is 12.8 Å². The minimum atomic E-state index is 0.142. The molecule has 0 fully saturated rings. The molecule has 17 heavy (non-hydrogen) atoms. The van der Waals surface area contributed by atoms with Crippen LogP contribution < -0.4 is 10.5 Å². The van der Waals surface area contributed by atoms with Crippen LogP contribution in [0.3, 0.4) is 0 Å². The maximum atomic E-state index is 5.77. The van der Waals surface area contributed by atoms with Crippen LogP contribution in [0.15, 0.2) is 12.1 Å². The monoisotopic (exact) mass is 252 g/mol. The van der Waals surface area contributed by atoms with Gasteiger partial charge in [0.25, 0.3) is 0 Å². The van der Waals surface area contributed by atoms with E-state index in [1.165, 1.54) is 0 Å². The van der Waals surface area contributed by atoms with Gasteiger partial charge in [-0.05, 0) is 32.3 Å². The van der Waals surface area contributed by atoms with Crippen molar-refractivity contribution in [1.29, 1.82) is 0 Å². The van der Waals surface area contributed by atoms with Crippen molar-refractivity contribution in [2.45, 2.75) is 40.2 Å². The second kappa shape index (κ2) is 5.96. The van der Waals surface area contributed by atoms with Gasteiger partial charge in [-0.25, -0.2) is 4.98 Å². The molecular weight excluding hydrogens is 232 g/mol. The maximum Gasteiger partial charge on any atom is 0.214 e. The van der Waals surface area contributed by atoms with E-state index in [4.69, 9.17) is 22.7 Å². The van der Waals surface area contributed by atoms with Crippen molar-refractivity contribution in [3.63, 3.8) is 0 Å². The summed E-state index contributed by atoms with van der Waals surface area (Å²) < 4.78 is 5.77. The summed E-state index contributed by atoms with van der Waals surface area (Å²) >= 11 is 4.96. The van der Waals surface area contributed by atoms with Crippen molar-refractivity contribution >= 4 is 17.2 Å². The number of thiocarbonyl (C=S) groups is 1. The van der Waals surface area contributed by atoms with Gasteiger partial charge < -0.3 is 10.5 Å². The molecule has 0 aromatic carbocycles. The van der Waals surface area contributed by atoms with E-state index >= 15 is 0 Å². The molecule has 4 heteroatoms. The van der Waals surface area contributed by atoms with Crippen molar-refractivity contribution in [2.24, 2.45) is 11.7 Å². The van der Waals surface area contributed by atoms with Crippen LogP contribution in [0.2, 0.25) is 0 Å². The van der Waals surface area contributed by atoms with E-state index in [-0.39, 0.29) is 6.10 Å². The fourth-order valence-electron chi connectivity index (χ4n) is 1.76. The Kier molecular flexibility index (Phi) is 4.87. The van der Waals surface area contributed by atoms with Crippen LogP contribution in [0.1, 0.15) is 38.4 Å². The Bertz CT molecular complexity index is 404. The predicted octanol–water partition coefficient (Wildman–Crippen LogP) is 2.84. The van der Waals surface area contributed by atoms with E-state index < -0.39 is 0 Å². The summed E-state index contributed by atoms with van der Waals surface area (Å²) in [6.45, 7) is 8.29. The normalized spacial score (nSPS) is 12.5. The van der Waals surface area contributed by atoms with Gasteiger partial charge in [0.15, 0.2) is 0 Å². The molecule has 0 spiro atoms. The van der Waals surface area contributed by atoms with Gasteiger partial charge in [0.2, 0.25) is 5.88 Å².